The Bertz CT molecular complexity index is 1080. The minimum Gasteiger partial charge on any atom is -0.509 e. The number of ether oxygens (including phenoxy) is 1. The standard InChI is InChI=1S/C23H19F6NO4/c1-2-34-21(33)18-19(31)17(10-13-6-4-3-5-7-13)30(20(18)32)12-14-8-15(22(24,25)26)11-16(9-14)23(27,28)29/h3-9,11,17,31H,2,10,12H2,1H3/t17-/m0/s1. The van der Waals surface area contributed by atoms with Crippen LogP contribution in [0.1, 0.15) is 29.2 Å². The highest BCUT2D eigenvalue weighted by Gasteiger charge is 2.44. The van der Waals surface area contributed by atoms with Gasteiger partial charge in [0, 0.05) is 13.0 Å². The van der Waals surface area contributed by atoms with Crippen molar-refractivity contribution >= 4 is 11.9 Å². The lowest BCUT2D eigenvalue weighted by molar-refractivity contribution is -0.143. The van der Waals surface area contributed by atoms with Gasteiger partial charge in [0.2, 0.25) is 0 Å². The summed E-state index contributed by atoms with van der Waals surface area (Å²) in [5, 5.41) is 10.6. The number of hydrogen-bond donors (Lipinski definition) is 1. The monoisotopic (exact) mass is 487 g/mol. The second-order valence-electron chi connectivity index (χ2n) is 7.53. The molecule has 0 saturated heterocycles. The Balaban J connectivity index is 2.04. The van der Waals surface area contributed by atoms with E-state index >= 15 is 0 Å². The third-order valence-corrected chi connectivity index (χ3v) is 5.17. The second-order valence-corrected chi connectivity index (χ2v) is 7.53. The zero-order chi connectivity index (χ0) is 25.3. The molecule has 1 aliphatic rings. The highest BCUT2D eigenvalue weighted by Crippen LogP contribution is 2.37. The van der Waals surface area contributed by atoms with E-state index in [2.05, 4.69) is 0 Å². The topological polar surface area (TPSA) is 66.8 Å². The van der Waals surface area contributed by atoms with E-state index in [1.807, 2.05) is 0 Å². The Hall–Kier alpha value is -3.50. The predicted octanol–water partition coefficient (Wildman–Crippen LogP) is 5.05. The number of carbonyl (C=O) groups excluding carboxylic acids is 2. The number of aliphatic hydroxyl groups is 1. The normalized spacial score (nSPS) is 16.9. The third-order valence-electron chi connectivity index (χ3n) is 5.17. The summed E-state index contributed by atoms with van der Waals surface area (Å²) in [4.78, 5) is 26.1. The molecule has 2 aromatic rings. The first-order chi connectivity index (χ1) is 15.8. The maximum absolute atomic E-state index is 13.2. The number of alkyl halides is 6. The van der Waals surface area contributed by atoms with Gasteiger partial charge in [0.25, 0.3) is 5.91 Å². The average molecular weight is 487 g/mol. The molecule has 1 heterocycles. The largest absolute Gasteiger partial charge is 0.509 e. The summed E-state index contributed by atoms with van der Waals surface area (Å²) in [5.41, 5.74) is -3.63. The van der Waals surface area contributed by atoms with Gasteiger partial charge < -0.3 is 14.7 Å². The average Bonchev–Trinajstić information content (AvgIpc) is 2.97. The Morgan fingerprint density at radius 3 is 2.03 bits per heavy atom. The van der Waals surface area contributed by atoms with Crippen LogP contribution in [-0.2, 0) is 39.6 Å². The first-order valence-electron chi connectivity index (χ1n) is 10.1. The highest BCUT2D eigenvalue weighted by atomic mass is 19.4. The van der Waals surface area contributed by atoms with Crippen molar-refractivity contribution in [1.82, 2.24) is 4.90 Å². The van der Waals surface area contributed by atoms with Gasteiger partial charge in [0.15, 0.2) is 5.57 Å². The lowest BCUT2D eigenvalue weighted by Crippen LogP contribution is -2.37. The van der Waals surface area contributed by atoms with Crippen LogP contribution in [0.2, 0.25) is 0 Å². The van der Waals surface area contributed by atoms with Crippen LogP contribution in [0, 0.1) is 0 Å². The molecular formula is C23H19F6NO4. The number of carbonyl (C=O) groups is 2. The molecule has 1 amide bonds. The van der Waals surface area contributed by atoms with E-state index in [1.54, 1.807) is 30.3 Å². The summed E-state index contributed by atoms with van der Waals surface area (Å²) in [5.74, 6) is -2.84. The molecule has 0 saturated carbocycles. The van der Waals surface area contributed by atoms with Gasteiger partial charge >= 0.3 is 18.3 Å². The van der Waals surface area contributed by atoms with Crippen molar-refractivity contribution in [1.29, 1.82) is 0 Å². The van der Waals surface area contributed by atoms with E-state index in [0.29, 0.717) is 17.7 Å². The highest BCUT2D eigenvalue weighted by molar-refractivity contribution is 6.18. The fourth-order valence-corrected chi connectivity index (χ4v) is 3.64. The summed E-state index contributed by atoms with van der Waals surface area (Å²) in [6.45, 7) is 0.639. The molecule has 2 aromatic carbocycles. The molecule has 11 heteroatoms. The maximum atomic E-state index is 13.2. The zero-order valence-electron chi connectivity index (χ0n) is 17.7. The molecule has 0 unspecified atom stereocenters. The zero-order valence-corrected chi connectivity index (χ0v) is 17.7. The molecule has 34 heavy (non-hydrogen) atoms. The molecule has 1 aliphatic heterocycles. The smallest absolute Gasteiger partial charge is 0.416 e. The molecule has 0 spiro atoms. The van der Waals surface area contributed by atoms with Gasteiger partial charge in [-0.05, 0) is 36.2 Å². The molecule has 182 valence electrons. The molecule has 3 rings (SSSR count). The van der Waals surface area contributed by atoms with Crippen molar-refractivity contribution in [2.45, 2.75) is 38.3 Å². The van der Waals surface area contributed by atoms with Gasteiger partial charge in [-0.1, -0.05) is 30.3 Å². The quantitative estimate of drug-likeness (QED) is 0.352. The molecule has 0 aliphatic carbocycles. The summed E-state index contributed by atoms with van der Waals surface area (Å²) < 4.78 is 84.3. The van der Waals surface area contributed by atoms with Gasteiger partial charge in [0.1, 0.15) is 5.76 Å². The van der Waals surface area contributed by atoms with Gasteiger partial charge in [-0.2, -0.15) is 26.3 Å². The number of benzene rings is 2. The molecule has 0 fully saturated rings. The molecule has 0 aromatic heterocycles. The second kappa shape index (κ2) is 9.40. The summed E-state index contributed by atoms with van der Waals surface area (Å²) in [7, 11) is 0. The number of rotatable bonds is 6. The Morgan fingerprint density at radius 1 is 0.971 bits per heavy atom. The summed E-state index contributed by atoms with van der Waals surface area (Å²) in [6.07, 6.45) is -10.2. The molecule has 1 N–H and O–H groups in total. The van der Waals surface area contributed by atoms with Crippen LogP contribution in [0.15, 0.2) is 59.9 Å². The lowest BCUT2D eigenvalue weighted by atomic mass is 10.0. The van der Waals surface area contributed by atoms with Crippen molar-refractivity contribution in [3.63, 3.8) is 0 Å². The Kier molecular flexibility index (Phi) is 6.94. The number of esters is 1. The van der Waals surface area contributed by atoms with E-state index in [4.69, 9.17) is 4.74 Å². The number of halogens is 6. The Morgan fingerprint density at radius 2 is 1.53 bits per heavy atom. The third kappa shape index (κ3) is 5.35. The molecule has 0 radical (unpaired) electrons. The van der Waals surface area contributed by atoms with Gasteiger partial charge in [0.05, 0.1) is 23.8 Å². The van der Waals surface area contributed by atoms with Gasteiger partial charge in [-0.15, -0.1) is 0 Å². The molecular weight excluding hydrogens is 468 g/mol. The van der Waals surface area contributed by atoms with Crippen molar-refractivity contribution in [3.8, 4) is 0 Å². The van der Waals surface area contributed by atoms with Gasteiger partial charge in [-0.25, -0.2) is 4.79 Å². The van der Waals surface area contributed by atoms with E-state index in [-0.39, 0.29) is 19.1 Å². The molecule has 1 atom stereocenters. The van der Waals surface area contributed by atoms with Gasteiger partial charge in [-0.3, -0.25) is 4.79 Å². The lowest BCUT2D eigenvalue weighted by Gasteiger charge is -2.26. The SMILES string of the molecule is CCOC(=O)C1=C(O)[C@H](Cc2ccccc2)N(Cc2cc(C(F)(F)F)cc(C(F)(F)F)c2)C1=O. The minimum atomic E-state index is -5.06. The Labute approximate surface area is 190 Å². The predicted molar refractivity (Wildman–Crippen MR) is 107 cm³/mol. The van der Waals surface area contributed by atoms with Crippen LogP contribution < -0.4 is 0 Å². The van der Waals surface area contributed by atoms with Crippen LogP contribution in [0.5, 0.6) is 0 Å². The fraction of sp³-hybridized carbons (Fsp3) is 0.304. The van der Waals surface area contributed by atoms with Crippen LogP contribution in [0.4, 0.5) is 26.3 Å². The minimum absolute atomic E-state index is 0.0173. The van der Waals surface area contributed by atoms with E-state index in [0.717, 1.165) is 4.90 Å². The first kappa shape index (κ1) is 25.1. The summed E-state index contributed by atoms with van der Waals surface area (Å²) >= 11 is 0. The van der Waals surface area contributed by atoms with Crippen molar-refractivity contribution in [2.24, 2.45) is 0 Å². The van der Waals surface area contributed by atoms with E-state index in [9.17, 15) is 41.0 Å². The number of nitrogens with zero attached hydrogens (tertiary/aromatic N) is 1. The molecule has 0 bridgehead atoms. The first-order valence-corrected chi connectivity index (χ1v) is 10.1. The van der Waals surface area contributed by atoms with Crippen LogP contribution in [0.25, 0.3) is 0 Å². The van der Waals surface area contributed by atoms with Crippen molar-refractivity contribution in [3.05, 3.63) is 82.1 Å². The molecule has 5 nitrogen and oxygen atoms in total. The van der Waals surface area contributed by atoms with Crippen LogP contribution in [-0.4, -0.2) is 34.5 Å². The van der Waals surface area contributed by atoms with Crippen molar-refractivity contribution in [2.75, 3.05) is 6.61 Å². The van der Waals surface area contributed by atoms with Crippen LogP contribution >= 0.6 is 0 Å². The maximum Gasteiger partial charge on any atom is 0.416 e. The van der Waals surface area contributed by atoms with Crippen LogP contribution in [0.3, 0.4) is 0 Å². The number of hydrogen-bond acceptors (Lipinski definition) is 4. The number of amides is 1. The number of aliphatic hydroxyl groups excluding tert-OH is 1. The fourth-order valence-electron chi connectivity index (χ4n) is 3.64. The van der Waals surface area contributed by atoms with Crippen molar-refractivity contribution < 1.29 is 45.8 Å². The van der Waals surface area contributed by atoms with E-state index in [1.165, 1.54) is 6.92 Å². The summed E-state index contributed by atoms with van der Waals surface area (Å²) in [6, 6.07) is 8.16. The van der Waals surface area contributed by atoms with E-state index < -0.39 is 64.8 Å².